The van der Waals surface area contributed by atoms with Crippen molar-refractivity contribution >= 4 is 11.6 Å². The van der Waals surface area contributed by atoms with Crippen molar-refractivity contribution in [3.8, 4) is 11.5 Å². The fourth-order valence-electron chi connectivity index (χ4n) is 2.30. The van der Waals surface area contributed by atoms with Crippen molar-refractivity contribution in [2.45, 2.75) is 6.42 Å². The third-order valence-electron chi connectivity index (χ3n) is 3.29. The standard InChI is InChI=1S/C13H16N4O3/c1-19-10-3-4-12(20-2)11(6-10)17-8-9(5-13(17)18)7-15-16-14/h3-4,6,9H,5,7-8H2,1-2H3. The predicted octanol–water partition coefficient (Wildman–Crippen LogP) is 2.37. The van der Waals surface area contributed by atoms with Crippen LogP contribution in [0.5, 0.6) is 11.5 Å². The maximum atomic E-state index is 12.1. The first-order valence-corrected chi connectivity index (χ1v) is 6.22. The minimum absolute atomic E-state index is 0.00491. The Kier molecular flexibility index (Phi) is 4.32. The monoisotopic (exact) mass is 276 g/mol. The summed E-state index contributed by atoms with van der Waals surface area (Å²) in [5, 5.41) is 3.54. The van der Waals surface area contributed by atoms with E-state index in [9.17, 15) is 4.79 Å². The third-order valence-corrected chi connectivity index (χ3v) is 3.29. The maximum absolute atomic E-state index is 12.1. The van der Waals surface area contributed by atoms with Gasteiger partial charge in [-0.3, -0.25) is 4.79 Å². The molecule has 1 aliphatic heterocycles. The first-order valence-electron chi connectivity index (χ1n) is 6.22. The Morgan fingerprint density at radius 2 is 2.25 bits per heavy atom. The average Bonchev–Trinajstić information content (AvgIpc) is 2.85. The van der Waals surface area contributed by atoms with E-state index in [0.717, 1.165) is 0 Å². The number of methoxy groups -OCH3 is 2. The number of rotatable bonds is 5. The summed E-state index contributed by atoms with van der Waals surface area (Å²) in [4.78, 5) is 16.5. The molecule has 2 rings (SSSR count). The molecule has 0 aliphatic carbocycles. The van der Waals surface area contributed by atoms with Crippen LogP contribution in [0.3, 0.4) is 0 Å². The molecule has 1 fully saturated rings. The first kappa shape index (κ1) is 14.0. The molecule has 1 atom stereocenters. The number of carbonyl (C=O) groups excluding carboxylic acids is 1. The molecular formula is C13H16N4O3. The van der Waals surface area contributed by atoms with Crippen LogP contribution in [0.4, 0.5) is 5.69 Å². The quantitative estimate of drug-likeness (QED) is 0.470. The van der Waals surface area contributed by atoms with Crippen LogP contribution in [0.2, 0.25) is 0 Å². The van der Waals surface area contributed by atoms with E-state index in [1.54, 1.807) is 37.3 Å². The highest BCUT2D eigenvalue weighted by molar-refractivity contribution is 5.97. The molecule has 1 aromatic carbocycles. The summed E-state index contributed by atoms with van der Waals surface area (Å²) in [6, 6.07) is 5.31. The topological polar surface area (TPSA) is 87.5 Å². The zero-order valence-electron chi connectivity index (χ0n) is 11.4. The van der Waals surface area contributed by atoms with Gasteiger partial charge in [0.05, 0.1) is 19.9 Å². The molecule has 1 heterocycles. The van der Waals surface area contributed by atoms with E-state index in [2.05, 4.69) is 10.0 Å². The summed E-state index contributed by atoms with van der Waals surface area (Å²) in [5.74, 6) is 1.31. The van der Waals surface area contributed by atoms with E-state index in [0.29, 0.717) is 36.7 Å². The highest BCUT2D eigenvalue weighted by Crippen LogP contribution is 2.35. The smallest absolute Gasteiger partial charge is 0.227 e. The minimum Gasteiger partial charge on any atom is -0.497 e. The number of anilines is 1. The van der Waals surface area contributed by atoms with Crippen LogP contribution in [0.25, 0.3) is 10.4 Å². The molecule has 1 aliphatic rings. The molecular weight excluding hydrogens is 260 g/mol. The normalized spacial score (nSPS) is 17.8. The lowest BCUT2D eigenvalue weighted by molar-refractivity contribution is -0.117. The summed E-state index contributed by atoms with van der Waals surface area (Å²) in [5.41, 5.74) is 9.03. The maximum Gasteiger partial charge on any atom is 0.227 e. The Morgan fingerprint density at radius 3 is 2.90 bits per heavy atom. The molecule has 0 radical (unpaired) electrons. The van der Waals surface area contributed by atoms with Crippen LogP contribution in [0.15, 0.2) is 23.3 Å². The summed E-state index contributed by atoms with van der Waals surface area (Å²) < 4.78 is 10.5. The lowest BCUT2D eigenvalue weighted by Gasteiger charge is -2.20. The van der Waals surface area contributed by atoms with Gasteiger partial charge < -0.3 is 14.4 Å². The number of amides is 1. The molecule has 106 valence electrons. The van der Waals surface area contributed by atoms with Crippen LogP contribution in [0.1, 0.15) is 6.42 Å². The molecule has 1 amide bonds. The van der Waals surface area contributed by atoms with Gasteiger partial charge in [-0.25, -0.2) is 0 Å². The fraction of sp³-hybridized carbons (Fsp3) is 0.462. The zero-order chi connectivity index (χ0) is 14.5. The first-order chi connectivity index (χ1) is 9.69. The molecule has 7 nitrogen and oxygen atoms in total. The van der Waals surface area contributed by atoms with Gasteiger partial charge >= 0.3 is 0 Å². The van der Waals surface area contributed by atoms with Crippen LogP contribution >= 0.6 is 0 Å². The van der Waals surface area contributed by atoms with Gasteiger partial charge in [0.2, 0.25) is 5.91 Å². The molecule has 1 aromatic rings. The number of ether oxygens (including phenoxy) is 2. The number of nitrogens with zero attached hydrogens (tertiary/aromatic N) is 4. The van der Waals surface area contributed by atoms with E-state index >= 15 is 0 Å². The van der Waals surface area contributed by atoms with Gasteiger partial charge in [0.25, 0.3) is 0 Å². The molecule has 0 spiro atoms. The number of azide groups is 1. The Morgan fingerprint density at radius 1 is 1.45 bits per heavy atom. The highest BCUT2D eigenvalue weighted by Gasteiger charge is 2.31. The second-order valence-corrected chi connectivity index (χ2v) is 4.53. The number of benzene rings is 1. The predicted molar refractivity (Wildman–Crippen MR) is 74.0 cm³/mol. The van der Waals surface area contributed by atoms with Gasteiger partial charge in [0.15, 0.2) is 0 Å². The van der Waals surface area contributed by atoms with Crippen LogP contribution in [-0.2, 0) is 4.79 Å². The Bertz CT molecular complexity index is 555. The summed E-state index contributed by atoms with van der Waals surface area (Å²) >= 11 is 0. The second kappa shape index (κ2) is 6.16. The van der Waals surface area contributed by atoms with Gasteiger partial charge in [0, 0.05) is 30.5 Å². The van der Waals surface area contributed by atoms with E-state index in [1.165, 1.54) is 0 Å². The largest absolute Gasteiger partial charge is 0.497 e. The van der Waals surface area contributed by atoms with Gasteiger partial charge in [-0.15, -0.1) is 0 Å². The Labute approximate surface area is 116 Å². The average molecular weight is 276 g/mol. The zero-order valence-corrected chi connectivity index (χ0v) is 11.4. The second-order valence-electron chi connectivity index (χ2n) is 4.53. The fourth-order valence-corrected chi connectivity index (χ4v) is 2.30. The van der Waals surface area contributed by atoms with E-state index in [4.69, 9.17) is 15.0 Å². The molecule has 7 heteroatoms. The molecule has 0 bridgehead atoms. The van der Waals surface area contributed by atoms with Crippen molar-refractivity contribution in [3.05, 3.63) is 28.6 Å². The van der Waals surface area contributed by atoms with Crippen molar-refractivity contribution in [1.29, 1.82) is 0 Å². The summed E-state index contributed by atoms with van der Waals surface area (Å²) in [6.07, 6.45) is 0.374. The molecule has 20 heavy (non-hydrogen) atoms. The molecule has 0 aromatic heterocycles. The number of hydrogen-bond acceptors (Lipinski definition) is 4. The lowest BCUT2D eigenvalue weighted by Crippen LogP contribution is -2.25. The van der Waals surface area contributed by atoms with E-state index in [1.807, 2.05) is 0 Å². The minimum atomic E-state index is -0.00491. The van der Waals surface area contributed by atoms with Crippen molar-refractivity contribution in [2.24, 2.45) is 11.0 Å². The summed E-state index contributed by atoms with van der Waals surface area (Å²) in [7, 11) is 3.13. The summed E-state index contributed by atoms with van der Waals surface area (Å²) in [6.45, 7) is 0.840. The van der Waals surface area contributed by atoms with Crippen molar-refractivity contribution in [3.63, 3.8) is 0 Å². The number of hydrogen-bond donors (Lipinski definition) is 0. The van der Waals surface area contributed by atoms with Crippen LogP contribution in [0, 0.1) is 5.92 Å². The van der Waals surface area contributed by atoms with Crippen LogP contribution in [-0.4, -0.2) is 33.2 Å². The van der Waals surface area contributed by atoms with Crippen molar-refractivity contribution in [1.82, 2.24) is 0 Å². The van der Waals surface area contributed by atoms with Gasteiger partial charge in [0.1, 0.15) is 11.5 Å². The Balaban J connectivity index is 2.26. The lowest BCUT2D eigenvalue weighted by atomic mass is 10.1. The van der Waals surface area contributed by atoms with Gasteiger partial charge in [-0.2, -0.15) is 0 Å². The van der Waals surface area contributed by atoms with E-state index < -0.39 is 0 Å². The van der Waals surface area contributed by atoms with Crippen LogP contribution < -0.4 is 14.4 Å². The van der Waals surface area contributed by atoms with E-state index in [-0.39, 0.29) is 11.8 Å². The molecule has 0 saturated carbocycles. The Hall–Kier alpha value is -2.40. The number of carbonyl (C=O) groups is 1. The van der Waals surface area contributed by atoms with Crippen molar-refractivity contribution < 1.29 is 14.3 Å². The SMILES string of the molecule is COc1ccc(OC)c(N2CC(CN=[N+]=[N-])CC2=O)c1. The van der Waals surface area contributed by atoms with Gasteiger partial charge in [-0.05, 0) is 23.6 Å². The van der Waals surface area contributed by atoms with Crippen molar-refractivity contribution in [2.75, 3.05) is 32.2 Å². The van der Waals surface area contributed by atoms with Gasteiger partial charge in [-0.1, -0.05) is 5.11 Å². The molecule has 1 saturated heterocycles. The molecule has 0 N–H and O–H groups in total. The third kappa shape index (κ3) is 2.78. The molecule has 1 unspecified atom stereocenters. The highest BCUT2D eigenvalue weighted by atomic mass is 16.5.